The van der Waals surface area contributed by atoms with E-state index in [2.05, 4.69) is 20.8 Å². The number of amides is 1. The lowest BCUT2D eigenvalue weighted by Crippen LogP contribution is -2.47. The zero-order valence-corrected chi connectivity index (χ0v) is 10.5. The maximum atomic E-state index is 12.2. The van der Waals surface area contributed by atoms with Gasteiger partial charge in [0.25, 0.3) is 0 Å². The molecular weight excluding hydrogens is 258 g/mol. The number of alkyl halides is 1. The molecule has 1 heterocycles. The molecule has 4 heteroatoms. The topological polar surface area (TPSA) is 29.5 Å². The normalized spacial score (nSPS) is 26.3. The van der Waals surface area contributed by atoms with Crippen molar-refractivity contribution in [1.82, 2.24) is 4.90 Å². The minimum atomic E-state index is 0.129. The van der Waals surface area contributed by atoms with Crippen LogP contribution in [0.4, 0.5) is 0 Å². The maximum absolute atomic E-state index is 12.2. The predicted molar refractivity (Wildman–Crippen MR) is 62.1 cm³/mol. The molecule has 2 fully saturated rings. The second kappa shape index (κ2) is 5.30. The predicted octanol–water partition coefficient (Wildman–Crippen LogP) is 1.80. The summed E-state index contributed by atoms with van der Waals surface area (Å²) in [6.07, 6.45) is 4.56. The molecule has 15 heavy (non-hydrogen) atoms. The third kappa shape index (κ3) is 2.53. The van der Waals surface area contributed by atoms with Crippen LogP contribution in [0.3, 0.4) is 0 Å². The lowest BCUT2D eigenvalue weighted by atomic mass is 9.90. The van der Waals surface area contributed by atoms with E-state index in [1.165, 1.54) is 19.3 Å². The molecule has 1 saturated carbocycles. The van der Waals surface area contributed by atoms with Crippen molar-refractivity contribution in [2.24, 2.45) is 5.92 Å². The third-order valence-electron chi connectivity index (χ3n) is 3.40. The highest BCUT2D eigenvalue weighted by molar-refractivity contribution is 9.09. The molecule has 3 nitrogen and oxygen atoms in total. The molecule has 1 aliphatic heterocycles. The van der Waals surface area contributed by atoms with E-state index >= 15 is 0 Å². The molecule has 0 aromatic heterocycles. The molecule has 1 unspecified atom stereocenters. The van der Waals surface area contributed by atoms with Gasteiger partial charge < -0.3 is 9.64 Å². The van der Waals surface area contributed by atoms with Crippen molar-refractivity contribution in [3.8, 4) is 0 Å². The van der Waals surface area contributed by atoms with Crippen molar-refractivity contribution in [3.05, 3.63) is 0 Å². The third-order valence-corrected chi connectivity index (χ3v) is 3.76. The minimum absolute atomic E-state index is 0.129. The second-order valence-corrected chi connectivity index (χ2v) is 5.16. The Kier molecular flexibility index (Phi) is 4.03. The Bertz CT molecular complexity index is 225. The number of hydrogen-bond acceptors (Lipinski definition) is 2. The lowest BCUT2D eigenvalue weighted by molar-refractivity contribution is -0.139. The molecule has 0 radical (unpaired) electrons. The first-order chi connectivity index (χ1) is 7.33. The Morgan fingerprint density at radius 1 is 1.40 bits per heavy atom. The van der Waals surface area contributed by atoms with Crippen LogP contribution < -0.4 is 0 Å². The zero-order valence-electron chi connectivity index (χ0n) is 8.95. The Hall–Kier alpha value is -0.0900. The summed E-state index contributed by atoms with van der Waals surface area (Å²) < 4.78 is 5.28. The van der Waals surface area contributed by atoms with Gasteiger partial charge in [-0.25, -0.2) is 0 Å². The SMILES string of the molecule is O=C(C1CCOC1)N(CCBr)C1CCC1. The molecule has 1 amide bonds. The minimum Gasteiger partial charge on any atom is -0.381 e. The average molecular weight is 276 g/mol. The first-order valence-electron chi connectivity index (χ1n) is 5.77. The fraction of sp³-hybridized carbons (Fsp3) is 0.909. The van der Waals surface area contributed by atoms with Gasteiger partial charge in [-0.1, -0.05) is 15.9 Å². The molecule has 0 N–H and O–H groups in total. The van der Waals surface area contributed by atoms with Crippen LogP contribution in [-0.4, -0.2) is 41.9 Å². The number of carbonyl (C=O) groups excluding carboxylic acids is 1. The Morgan fingerprint density at radius 3 is 2.67 bits per heavy atom. The van der Waals surface area contributed by atoms with Crippen LogP contribution in [0.25, 0.3) is 0 Å². The molecular formula is C11H18BrNO2. The van der Waals surface area contributed by atoms with Crippen LogP contribution in [0.5, 0.6) is 0 Å². The van der Waals surface area contributed by atoms with E-state index in [0.717, 1.165) is 24.9 Å². The van der Waals surface area contributed by atoms with Crippen molar-refractivity contribution in [3.63, 3.8) is 0 Å². The van der Waals surface area contributed by atoms with Gasteiger partial charge in [0.1, 0.15) is 0 Å². The summed E-state index contributed by atoms with van der Waals surface area (Å²) in [7, 11) is 0. The molecule has 1 aliphatic carbocycles. The van der Waals surface area contributed by atoms with E-state index in [0.29, 0.717) is 18.6 Å². The summed E-state index contributed by atoms with van der Waals surface area (Å²) in [4.78, 5) is 14.3. The van der Waals surface area contributed by atoms with Crippen molar-refractivity contribution in [2.45, 2.75) is 31.7 Å². The molecule has 0 bridgehead atoms. The van der Waals surface area contributed by atoms with Gasteiger partial charge in [-0.05, 0) is 25.7 Å². The van der Waals surface area contributed by atoms with Gasteiger partial charge in [0, 0.05) is 24.5 Å². The van der Waals surface area contributed by atoms with Gasteiger partial charge in [0.15, 0.2) is 0 Å². The van der Waals surface area contributed by atoms with Crippen LogP contribution in [0.1, 0.15) is 25.7 Å². The standard InChI is InChI=1S/C11H18BrNO2/c12-5-6-13(10-2-1-3-10)11(14)9-4-7-15-8-9/h9-10H,1-8H2. The lowest BCUT2D eigenvalue weighted by Gasteiger charge is -2.38. The smallest absolute Gasteiger partial charge is 0.228 e. The Balaban J connectivity index is 1.92. The van der Waals surface area contributed by atoms with Crippen LogP contribution >= 0.6 is 15.9 Å². The Labute approximate surface area is 99.3 Å². The summed E-state index contributed by atoms with van der Waals surface area (Å²) in [5.74, 6) is 0.446. The highest BCUT2D eigenvalue weighted by atomic mass is 79.9. The van der Waals surface area contributed by atoms with Gasteiger partial charge >= 0.3 is 0 Å². The quantitative estimate of drug-likeness (QED) is 0.733. The molecule has 2 aliphatic rings. The van der Waals surface area contributed by atoms with E-state index in [4.69, 9.17) is 4.74 Å². The van der Waals surface area contributed by atoms with Crippen LogP contribution in [0.15, 0.2) is 0 Å². The van der Waals surface area contributed by atoms with Crippen molar-refractivity contribution in [1.29, 1.82) is 0 Å². The monoisotopic (exact) mass is 275 g/mol. The number of nitrogens with zero attached hydrogens (tertiary/aromatic N) is 1. The van der Waals surface area contributed by atoms with Crippen molar-refractivity contribution in [2.75, 3.05) is 25.1 Å². The van der Waals surface area contributed by atoms with Crippen LogP contribution in [-0.2, 0) is 9.53 Å². The summed E-state index contributed by atoms with van der Waals surface area (Å²) in [5.41, 5.74) is 0. The van der Waals surface area contributed by atoms with E-state index in [9.17, 15) is 4.79 Å². The molecule has 0 aromatic rings. The van der Waals surface area contributed by atoms with Gasteiger partial charge in [-0.15, -0.1) is 0 Å². The second-order valence-electron chi connectivity index (χ2n) is 4.37. The molecule has 1 atom stereocenters. The molecule has 0 spiro atoms. The van der Waals surface area contributed by atoms with Gasteiger partial charge in [0.2, 0.25) is 5.91 Å². The summed E-state index contributed by atoms with van der Waals surface area (Å²) >= 11 is 3.42. The van der Waals surface area contributed by atoms with Crippen LogP contribution in [0, 0.1) is 5.92 Å². The molecule has 1 saturated heterocycles. The average Bonchev–Trinajstić information content (AvgIpc) is 2.66. The van der Waals surface area contributed by atoms with Gasteiger partial charge in [0.05, 0.1) is 12.5 Å². The van der Waals surface area contributed by atoms with E-state index in [-0.39, 0.29) is 5.92 Å². The highest BCUT2D eigenvalue weighted by Crippen LogP contribution is 2.27. The number of ether oxygens (including phenoxy) is 1. The van der Waals surface area contributed by atoms with Crippen molar-refractivity contribution >= 4 is 21.8 Å². The first kappa shape index (κ1) is 11.4. The van der Waals surface area contributed by atoms with E-state index in [1.807, 2.05) is 0 Å². The first-order valence-corrected chi connectivity index (χ1v) is 6.89. The fourth-order valence-corrected chi connectivity index (χ4v) is 2.61. The number of rotatable bonds is 4. The van der Waals surface area contributed by atoms with E-state index in [1.54, 1.807) is 0 Å². The Morgan fingerprint density at radius 2 is 2.20 bits per heavy atom. The summed E-state index contributed by atoms with van der Waals surface area (Å²) in [5, 5.41) is 0.878. The maximum Gasteiger partial charge on any atom is 0.228 e. The van der Waals surface area contributed by atoms with Crippen molar-refractivity contribution < 1.29 is 9.53 Å². The van der Waals surface area contributed by atoms with E-state index < -0.39 is 0 Å². The number of carbonyl (C=O) groups is 1. The zero-order chi connectivity index (χ0) is 10.7. The van der Waals surface area contributed by atoms with Crippen LogP contribution in [0.2, 0.25) is 0 Å². The fourth-order valence-electron chi connectivity index (χ4n) is 2.23. The molecule has 0 aromatic carbocycles. The summed E-state index contributed by atoms with van der Waals surface area (Å²) in [6.45, 7) is 2.23. The highest BCUT2D eigenvalue weighted by Gasteiger charge is 2.33. The molecule has 2 rings (SSSR count). The number of hydrogen-bond donors (Lipinski definition) is 0. The summed E-state index contributed by atoms with van der Waals surface area (Å²) in [6, 6.07) is 0.510. The largest absolute Gasteiger partial charge is 0.381 e. The van der Waals surface area contributed by atoms with Gasteiger partial charge in [-0.3, -0.25) is 4.79 Å². The number of halogens is 1. The molecule has 86 valence electrons. The van der Waals surface area contributed by atoms with Gasteiger partial charge in [-0.2, -0.15) is 0 Å².